The molecule has 110 valence electrons. The van der Waals surface area contributed by atoms with Gasteiger partial charge in [-0.05, 0) is 31.9 Å². The Morgan fingerprint density at radius 3 is 2.75 bits per heavy atom. The van der Waals surface area contributed by atoms with Crippen molar-refractivity contribution in [3.63, 3.8) is 0 Å². The second-order valence-corrected chi connectivity index (χ2v) is 5.27. The molecule has 0 radical (unpaired) electrons. The van der Waals surface area contributed by atoms with Crippen molar-refractivity contribution in [2.75, 3.05) is 19.8 Å². The summed E-state index contributed by atoms with van der Waals surface area (Å²) >= 11 is 0. The molecule has 0 heterocycles. The molecular formula is C15H19F2NO2. The smallest absolute Gasteiger partial charge is 0.254 e. The van der Waals surface area contributed by atoms with Gasteiger partial charge in [-0.3, -0.25) is 4.79 Å². The van der Waals surface area contributed by atoms with Gasteiger partial charge >= 0.3 is 0 Å². The molecule has 0 unspecified atom stereocenters. The molecule has 1 amide bonds. The molecule has 1 aromatic carbocycles. The Hall–Kier alpha value is -1.49. The Balaban J connectivity index is 1.96. The summed E-state index contributed by atoms with van der Waals surface area (Å²) in [6.45, 7) is 3.58. The van der Waals surface area contributed by atoms with Gasteiger partial charge in [0, 0.05) is 18.6 Å². The maximum atomic E-state index is 13.5. The van der Waals surface area contributed by atoms with Gasteiger partial charge in [0.15, 0.2) is 11.6 Å². The lowest BCUT2D eigenvalue weighted by atomic mass is 9.69. The summed E-state index contributed by atoms with van der Waals surface area (Å²) in [7, 11) is 0. The summed E-state index contributed by atoms with van der Waals surface area (Å²) in [6.07, 6.45) is 3.08. The maximum Gasteiger partial charge on any atom is 0.254 e. The van der Waals surface area contributed by atoms with Crippen molar-refractivity contribution >= 4 is 5.91 Å². The third-order valence-electron chi connectivity index (χ3n) is 3.85. The van der Waals surface area contributed by atoms with Crippen LogP contribution in [0.1, 0.15) is 36.5 Å². The largest absolute Gasteiger partial charge is 0.381 e. The molecule has 2 rings (SSSR count). The number of halogens is 2. The molecular weight excluding hydrogens is 264 g/mol. The lowest BCUT2D eigenvalue weighted by molar-refractivity contribution is -0.000211. The number of hydrogen-bond donors (Lipinski definition) is 1. The number of rotatable bonds is 6. The van der Waals surface area contributed by atoms with Crippen molar-refractivity contribution in [1.29, 1.82) is 0 Å². The van der Waals surface area contributed by atoms with Crippen LogP contribution < -0.4 is 5.32 Å². The Morgan fingerprint density at radius 2 is 2.15 bits per heavy atom. The molecule has 0 saturated heterocycles. The molecule has 1 aromatic rings. The Kier molecular flexibility index (Phi) is 4.70. The Bertz CT molecular complexity index is 487. The molecule has 1 saturated carbocycles. The van der Waals surface area contributed by atoms with Crippen LogP contribution in [-0.4, -0.2) is 25.7 Å². The molecule has 0 aromatic heterocycles. The van der Waals surface area contributed by atoms with Crippen LogP contribution in [0.15, 0.2) is 18.2 Å². The SMILES string of the molecule is CCOCC1(CNC(=O)c2cccc(F)c2F)CCC1. The molecule has 1 N–H and O–H groups in total. The van der Waals surface area contributed by atoms with Gasteiger partial charge in [0.2, 0.25) is 0 Å². The summed E-state index contributed by atoms with van der Waals surface area (Å²) in [5.41, 5.74) is -0.300. The van der Waals surface area contributed by atoms with E-state index in [1.165, 1.54) is 12.1 Å². The molecule has 20 heavy (non-hydrogen) atoms. The first-order chi connectivity index (χ1) is 9.58. The summed E-state index contributed by atoms with van der Waals surface area (Å²) < 4.78 is 32.0. The van der Waals surface area contributed by atoms with Crippen molar-refractivity contribution in [2.45, 2.75) is 26.2 Å². The van der Waals surface area contributed by atoms with Crippen molar-refractivity contribution in [3.8, 4) is 0 Å². The summed E-state index contributed by atoms with van der Waals surface area (Å²) in [6, 6.07) is 3.60. The van der Waals surface area contributed by atoms with Crippen LogP contribution in [0.5, 0.6) is 0 Å². The first-order valence-corrected chi connectivity index (χ1v) is 6.88. The predicted molar refractivity (Wildman–Crippen MR) is 71.5 cm³/mol. The molecule has 1 aliphatic rings. The molecule has 0 spiro atoms. The van der Waals surface area contributed by atoms with Crippen molar-refractivity contribution in [2.24, 2.45) is 5.41 Å². The van der Waals surface area contributed by atoms with Crippen molar-refractivity contribution in [1.82, 2.24) is 5.32 Å². The number of hydrogen-bond acceptors (Lipinski definition) is 2. The van der Waals surface area contributed by atoms with E-state index in [0.717, 1.165) is 25.3 Å². The van der Waals surface area contributed by atoms with Crippen LogP contribution >= 0.6 is 0 Å². The van der Waals surface area contributed by atoms with Crippen molar-refractivity contribution < 1.29 is 18.3 Å². The Labute approximate surface area is 117 Å². The van der Waals surface area contributed by atoms with Crippen LogP contribution in [0.4, 0.5) is 8.78 Å². The van der Waals surface area contributed by atoms with Gasteiger partial charge in [0.25, 0.3) is 5.91 Å². The molecule has 5 heteroatoms. The highest BCUT2D eigenvalue weighted by Gasteiger charge is 2.37. The van der Waals surface area contributed by atoms with Gasteiger partial charge in [-0.25, -0.2) is 8.78 Å². The fraction of sp³-hybridized carbons (Fsp3) is 0.533. The van der Waals surface area contributed by atoms with Gasteiger partial charge < -0.3 is 10.1 Å². The van der Waals surface area contributed by atoms with E-state index in [2.05, 4.69) is 5.32 Å². The highest BCUT2D eigenvalue weighted by Crippen LogP contribution is 2.40. The molecule has 0 bridgehead atoms. The Morgan fingerprint density at radius 1 is 1.40 bits per heavy atom. The van der Waals surface area contributed by atoms with E-state index in [4.69, 9.17) is 4.74 Å². The molecule has 1 fully saturated rings. The van der Waals surface area contributed by atoms with E-state index in [1.54, 1.807) is 0 Å². The van der Waals surface area contributed by atoms with Gasteiger partial charge in [0.1, 0.15) is 0 Å². The van der Waals surface area contributed by atoms with Crippen LogP contribution in [0.2, 0.25) is 0 Å². The van der Waals surface area contributed by atoms with Gasteiger partial charge in [-0.2, -0.15) is 0 Å². The molecule has 0 aliphatic heterocycles. The zero-order valence-electron chi connectivity index (χ0n) is 11.5. The summed E-state index contributed by atoms with van der Waals surface area (Å²) in [5.74, 6) is -2.69. The zero-order valence-corrected chi connectivity index (χ0v) is 11.5. The summed E-state index contributed by atoms with van der Waals surface area (Å²) in [5, 5.41) is 2.69. The molecule has 0 atom stereocenters. The number of ether oxygens (including phenoxy) is 1. The van der Waals surface area contributed by atoms with Crippen LogP contribution in [0, 0.1) is 17.0 Å². The van der Waals surface area contributed by atoms with E-state index >= 15 is 0 Å². The standard InChI is InChI=1S/C15H19F2NO2/c1-2-20-10-15(7-4-8-15)9-18-14(19)11-5-3-6-12(16)13(11)17/h3,5-6H,2,4,7-10H2,1H3,(H,18,19). The predicted octanol–water partition coefficient (Wildman–Crippen LogP) is 2.90. The number of carbonyl (C=O) groups excluding carboxylic acids is 1. The van der Waals surface area contributed by atoms with Gasteiger partial charge in [-0.1, -0.05) is 12.5 Å². The second-order valence-electron chi connectivity index (χ2n) is 5.27. The number of benzene rings is 1. The third-order valence-corrected chi connectivity index (χ3v) is 3.85. The zero-order chi connectivity index (χ0) is 14.6. The molecule has 1 aliphatic carbocycles. The minimum Gasteiger partial charge on any atom is -0.381 e. The highest BCUT2D eigenvalue weighted by molar-refractivity contribution is 5.94. The quantitative estimate of drug-likeness (QED) is 0.871. The summed E-state index contributed by atoms with van der Waals surface area (Å²) in [4.78, 5) is 11.9. The second kappa shape index (κ2) is 6.31. The minimum atomic E-state index is -1.10. The maximum absolute atomic E-state index is 13.5. The van der Waals surface area contributed by atoms with E-state index < -0.39 is 17.5 Å². The fourth-order valence-electron chi connectivity index (χ4n) is 2.41. The van der Waals surface area contributed by atoms with E-state index in [9.17, 15) is 13.6 Å². The number of carbonyl (C=O) groups is 1. The van der Waals surface area contributed by atoms with Gasteiger partial charge in [0.05, 0.1) is 12.2 Å². The van der Waals surface area contributed by atoms with Crippen LogP contribution in [-0.2, 0) is 4.74 Å². The van der Waals surface area contributed by atoms with E-state index in [0.29, 0.717) is 19.8 Å². The fourth-order valence-corrected chi connectivity index (χ4v) is 2.41. The lowest BCUT2D eigenvalue weighted by Crippen LogP contribution is -2.45. The van der Waals surface area contributed by atoms with E-state index in [1.807, 2.05) is 6.92 Å². The average Bonchev–Trinajstić information content (AvgIpc) is 2.40. The number of amides is 1. The molecule has 3 nitrogen and oxygen atoms in total. The minimum absolute atomic E-state index is 0.0462. The van der Waals surface area contributed by atoms with Crippen LogP contribution in [0.3, 0.4) is 0 Å². The van der Waals surface area contributed by atoms with Gasteiger partial charge in [-0.15, -0.1) is 0 Å². The monoisotopic (exact) mass is 283 g/mol. The third kappa shape index (κ3) is 3.15. The normalized spacial score (nSPS) is 16.6. The van der Waals surface area contributed by atoms with Crippen molar-refractivity contribution in [3.05, 3.63) is 35.4 Å². The van der Waals surface area contributed by atoms with E-state index in [-0.39, 0.29) is 11.0 Å². The first kappa shape index (κ1) is 14.9. The topological polar surface area (TPSA) is 38.3 Å². The van der Waals surface area contributed by atoms with Crippen LogP contribution in [0.25, 0.3) is 0 Å². The lowest BCUT2D eigenvalue weighted by Gasteiger charge is -2.41. The number of nitrogens with one attached hydrogen (secondary N) is 1. The highest BCUT2D eigenvalue weighted by atomic mass is 19.2. The first-order valence-electron chi connectivity index (χ1n) is 6.88. The average molecular weight is 283 g/mol.